The molecule has 1 aromatic carbocycles. The number of rotatable bonds is 6. The molecule has 1 heterocycles. The molecule has 24 heavy (non-hydrogen) atoms. The number of benzene rings is 1. The highest BCUT2D eigenvalue weighted by atomic mass is 16.4. The summed E-state index contributed by atoms with van der Waals surface area (Å²) in [5, 5.41) is 10.3. The molecule has 0 aliphatic rings. The molecule has 0 spiro atoms. The summed E-state index contributed by atoms with van der Waals surface area (Å²) in [5.74, 6) is -0.594. The van der Waals surface area contributed by atoms with Gasteiger partial charge in [-0.05, 0) is 37.5 Å². The summed E-state index contributed by atoms with van der Waals surface area (Å²) in [6.45, 7) is 2.12. The average molecular weight is 331 g/mol. The third kappa shape index (κ3) is 3.72. The number of nitrogen functional groups attached to an aromatic ring is 1. The third-order valence-electron chi connectivity index (χ3n) is 3.78. The van der Waals surface area contributed by atoms with Gasteiger partial charge in [0, 0.05) is 23.7 Å². The summed E-state index contributed by atoms with van der Waals surface area (Å²) >= 11 is 0. The Hall–Kier alpha value is -2.87. The topological polar surface area (TPSA) is 161 Å². The molecule has 0 saturated carbocycles. The molecule has 0 amide bonds. The van der Waals surface area contributed by atoms with Crippen LogP contribution in [0.3, 0.4) is 0 Å². The number of guanidine groups is 1. The molecule has 0 radical (unpaired) electrons. The predicted octanol–water partition coefficient (Wildman–Crippen LogP) is 0.457. The molecule has 2 aromatic rings. The Morgan fingerprint density at radius 2 is 2.12 bits per heavy atom. The first kappa shape index (κ1) is 17.5. The molecule has 0 saturated heterocycles. The van der Waals surface area contributed by atoms with Crippen molar-refractivity contribution in [3.8, 4) is 0 Å². The van der Waals surface area contributed by atoms with Gasteiger partial charge in [-0.25, -0.2) is 4.79 Å². The zero-order valence-corrected chi connectivity index (χ0v) is 13.4. The lowest BCUT2D eigenvalue weighted by Gasteiger charge is -2.13. The predicted molar refractivity (Wildman–Crippen MR) is 93.1 cm³/mol. The number of anilines is 1. The quantitative estimate of drug-likeness (QED) is 0.128. The lowest BCUT2D eigenvalue weighted by molar-refractivity contribution is 0.0952. The fourth-order valence-corrected chi connectivity index (χ4v) is 2.52. The van der Waals surface area contributed by atoms with E-state index in [4.69, 9.17) is 27.0 Å². The first-order chi connectivity index (χ1) is 11.3. The Morgan fingerprint density at radius 1 is 1.42 bits per heavy atom. The van der Waals surface area contributed by atoms with Crippen LogP contribution in [-0.4, -0.2) is 24.3 Å². The third-order valence-corrected chi connectivity index (χ3v) is 3.78. The minimum Gasteiger partial charge on any atom is -0.422 e. The van der Waals surface area contributed by atoms with E-state index in [1.165, 1.54) is 0 Å². The largest absolute Gasteiger partial charge is 0.422 e. The van der Waals surface area contributed by atoms with Crippen molar-refractivity contribution in [1.29, 1.82) is 5.41 Å². The van der Waals surface area contributed by atoms with E-state index in [2.05, 4.69) is 5.32 Å². The molecule has 0 unspecified atom stereocenters. The minimum absolute atomic E-state index is 0.0284. The summed E-state index contributed by atoms with van der Waals surface area (Å²) in [5.41, 5.74) is 17.4. The van der Waals surface area contributed by atoms with Gasteiger partial charge in [-0.3, -0.25) is 10.2 Å². The Bertz CT molecular complexity index is 843. The number of hydrogen-bond donors (Lipinski definition) is 5. The molecule has 0 aliphatic carbocycles. The van der Waals surface area contributed by atoms with E-state index in [1.54, 1.807) is 25.1 Å². The summed E-state index contributed by atoms with van der Waals surface area (Å²) in [7, 11) is 0. The summed E-state index contributed by atoms with van der Waals surface area (Å²) in [4.78, 5) is 24.7. The molecular weight excluding hydrogens is 310 g/mol. The van der Waals surface area contributed by atoms with Crippen LogP contribution < -0.4 is 28.1 Å². The maximum absolute atomic E-state index is 12.5. The van der Waals surface area contributed by atoms with E-state index in [9.17, 15) is 9.59 Å². The van der Waals surface area contributed by atoms with Gasteiger partial charge >= 0.3 is 5.63 Å². The average Bonchev–Trinajstić information content (AvgIpc) is 2.50. The first-order valence-corrected chi connectivity index (χ1v) is 7.52. The number of nitrogens with one attached hydrogen (secondary N) is 2. The van der Waals surface area contributed by atoms with Crippen LogP contribution in [0, 0.1) is 12.3 Å². The number of aryl methyl sites for hydroxylation is 1. The monoisotopic (exact) mass is 331 g/mol. The molecule has 128 valence electrons. The lowest BCUT2D eigenvalue weighted by Crippen LogP contribution is -2.36. The van der Waals surface area contributed by atoms with Crippen molar-refractivity contribution in [2.24, 2.45) is 11.5 Å². The van der Waals surface area contributed by atoms with E-state index in [-0.39, 0.29) is 11.5 Å². The van der Waals surface area contributed by atoms with Crippen molar-refractivity contribution in [2.45, 2.75) is 25.8 Å². The van der Waals surface area contributed by atoms with Crippen molar-refractivity contribution in [3.05, 3.63) is 39.7 Å². The minimum atomic E-state index is -0.827. The van der Waals surface area contributed by atoms with Gasteiger partial charge in [-0.1, -0.05) is 0 Å². The lowest BCUT2D eigenvalue weighted by atomic mass is 9.96. The molecule has 1 aromatic heterocycles. The van der Waals surface area contributed by atoms with Crippen LogP contribution in [-0.2, 0) is 0 Å². The van der Waals surface area contributed by atoms with Gasteiger partial charge in [-0.15, -0.1) is 0 Å². The van der Waals surface area contributed by atoms with E-state index < -0.39 is 17.5 Å². The molecule has 8 heteroatoms. The second-order valence-electron chi connectivity index (χ2n) is 5.60. The van der Waals surface area contributed by atoms with Crippen LogP contribution in [0.15, 0.2) is 27.4 Å². The Kier molecular flexibility index (Phi) is 5.20. The van der Waals surface area contributed by atoms with E-state index >= 15 is 0 Å². The normalized spacial score (nSPS) is 12.1. The van der Waals surface area contributed by atoms with Gasteiger partial charge in [0.1, 0.15) is 11.1 Å². The number of carbonyl (C=O) groups excluding carboxylic acids is 1. The number of nitrogens with two attached hydrogens (primary N) is 3. The maximum Gasteiger partial charge on any atom is 0.347 e. The van der Waals surface area contributed by atoms with E-state index in [1.807, 2.05) is 0 Å². The molecule has 8 N–H and O–H groups in total. The van der Waals surface area contributed by atoms with Crippen molar-refractivity contribution in [2.75, 3.05) is 12.3 Å². The number of carbonyl (C=O) groups is 1. The van der Waals surface area contributed by atoms with Gasteiger partial charge in [0.15, 0.2) is 11.7 Å². The van der Waals surface area contributed by atoms with Crippen LogP contribution in [0.5, 0.6) is 0 Å². The summed E-state index contributed by atoms with van der Waals surface area (Å²) < 4.78 is 5.21. The second-order valence-corrected chi connectivity index (χ2v) is 5.60. The zero-order valence-electron chi connectivity index (χ0n) is 13.4. The van der Waals surface area contributed by atoms with E-state index in [0.717, 1.165) is 0 Å². The number of fused-ring (bicyclic) bond motifs is 1. The smallest absolute Gasteiger partial charge is 0.347 e. The fourth-order valence-electron chi connectivity index (χ4n) is 2.52. The number of hydrogen-bond acceptors (Lipinski definition) is 6. The van der Waals surface area contributed by atoms with Gasteiger partial charge in [0.25, 0.3) is 0 Å². The first-order valence-electron chi connectivity index (χ1n) is 7.52. The van der Waals surface area contributed by atoms with Crippen LogP contribution >= 0.6 is 0 Å². The highest BCUT2D eigenvalue weighted by Crippen LogP contribution is 2.22. The molecule has 2 rings (SSSR count). The van der Waals surface area contributed by atoms with Crippen molar-refractivity contribution in [1.82, 2.24) is 5.32 Å². The van der Waals surface area contributed by atoms with Crippen LogP contribution in [0.2, 0.25) is 0 Å². The highest BCUT2D eigenvalue weighted by Gasteiger charge is 2.23. The number of Topliss-reactive ketones (excluding diaryl/α,β-unsaturated/α-hetero) is 1. The Balaban J connectivity index is 2.24. The van der Waals surface area contributed by atoms with Gasteiger partial charge in [0.05, 0.1) is 6.04 Å². The highest BCUT2D eigenvalue weighted by molar-refractivity contribution is 6.03. The standard InChI is InChI=1S/C16H21N5O3/c1-8-10-5-4-9(17)7-12(10)24-15(23)13(8)14(22)11(18)3-2-6-21-16(19)20/h4-5,7,11H,2-3,6,17-18H2,1H3,(H4,19,20,21)/t11-/m0/s1. The molecular formula is C16H21N5O3. The van der Waals surface area contributed by atoms with Gasteiger partial charge in [-0.2, -0.15) is 0 Å². The second kappa shape index (κ2) is 7.14. The SMILES string of the molecule is Cc1c(C(=O)[C@@H](N)CCCNC(=N)N)c(=O)oc2cc(N)ccc12. The van der Waals surface area contributed by atoms with E-state index in [0.29, 0.717) is 41.6 Å². The fraction of sp³-hybridized carbons (Fsp3) is 0.312. The van der Waals surface area contributed by atoms with Crippen LogP contribution in [0.1, 0.15) is 28.8 Å². The Labute approximate surface area is 138 Å². The van der Waals surface area contributed by atoms with Gasteiger partial charge in [0.2, 0.25) is 0 Å². The molecule has 8 nitrogen and oxygen atoms in total. The van der Waals surface area contributed by atoms with Crippen molar-refractivity contribution in [3.63, 3.8) is 0 Å². The van der Waals surface area contributed by atoms with Crippen molar-refractivity contribution >= 4 is 28.4 Å². The molecule has 1 atom stereocenters. The van der Waals surface area contributed by atoms with Gasteiger partial charge < -0.3 is 26.9 Å². The molecule has 0 aliphatic heterocycles. The maximum atomic E-state index is 12.5. The molecule has 0 bridgehead atoms. The zero-order chi connectivity index (χ0) is 17.9. The molecule has 0 fully saturated rings. The van der Waals surface area contributed by atoms with Crippen LogP contribution in [0.4, 0.5) is 5.69 Å². The summed E-state index contributed by atoms with van der Waals surface area (Å²) in [6.07, 6.45) is 0.902. The number of ketones is 1. The van der Waals surface area contributed by atoms with Crippen molar-refractivity contribution < 1.29 is 9.21 Å². The van der Waals surface area contributed by atoms with Crippen LogP contribution in [0.25, 0.3) is 11.0 Å². The Morgan fingerprint density at radius 3 is 2.79 bits per heavy atom. The summed E-state index contributed by atoms with van der Waals surface area (Å²) in [6, 6.07) is 4.11.